The number of methoxy groups -OCH3 is 2. The Balaban J connectivity index is 0.000000277. The number of cyclic esters (lactones) is 2. The first-order valence-electron chi connectivity index (χ1n) is 43.8. The number of aryl methyl sites for hydroxylation is 2. The molecule has 0 radical (unpaired) electrons. The van der Waals surface area contributed by atoms with E-state index in [-0.39, 0.29) is 36.4 Å². The van der Waals surface area contributed by atoms with E-state index in [2.05, 4.69) is 38.2 Å². The number of hydrogen-bond acceptors (Lipinski definition) is 29. The van der Waals surface area contributed by atoms with Crippen molar-refractivity contribution in [1.82, 2.24) is 60.2 Å². The number of Topliss-reactive ketones (excluding diaryl/α,β-unsaturated/α-hetero) is 2. The number of alkyl halides is 1. The van der Waals surface area contributed by atoms with Gasteiger partial charge < -0.3 is 94.6 Å². The zero-order valence-corrected chi connectivity index (χ0v) is 75.9. The molecule has 0 aliphatic carbocycles. The third kappa shape index (κ3) is 22.0. The lowest BCUT2D eigenvalue weighted by molar-refractivity contribution is -0.316. The first-order valence-corrected chi connectivity index (χ1v) is 43.8. The van der Waals surface area contributed by atoms with Crippen LogP contribution < -0.4 is 22.1 Å². The molecule has 6 aliphatic heterocycles. The number of ketones is 2. The molecule has 0 spiro atoms. The highest BCUT2D eigenvalue weighted by molar-refractivity contribution is 6.08. The summed E-state index contributed by atoms with van der Waals surface area (Å²) >= 11 is 0. The molecule has 0 bridgehead atoms. The van der Waals surface area contributed by atoms with Crippen LogP contribution in [0.15, 0.2) is 60.9 Å². The minimum Gasteiger partial charge on any atom is -0.458 e. The molecule has 9 N–H and O–H groups in total. The quantitative estimate of drug-likeness (QED) is 0.0114. The fourth-order valence-corrected chi connectivity index (χ4v) is 19.4. The molecule has 0 saturated carbocycles. The fraction of sp³-hybridized carbons (Fsp3) is 0.750. The first kappa shape index (κ1) is 98.3. The van der Waals surface area contributed by atoms with E-state index in [1.807, 2.05) is 135 Å². The Bertz CT molecular complexity index is 4120. The van der Waals surface area contributed by atoms with Crippen molar-refractivity contribution < 1.29 is 95.8 Å². The van der Waals surface area contributed by atoms with Crippen LogP contribution in [0.1, 0.15) is 181 Å². The number of aliphatic hydroxyl groups excluding tert-OH is 3. The number of anilines is 2. The van der Waals surface area contributed by atoms with E-state index in [1.165, 1.54) is 21.0 Å². The average Bonchev–Trinajstić information content (AvgIpc) is 1.59. The van der Waals surface area contributed by atoms with Crippen LogP contribution in [0.25, 0.3) is 22.5 Å². The number of aliphatic hydroxyl groups is 3. The summed E-state index contributed by atoms with van der Waals surface area (Å²) < 4.78 is 83.2. The van der Waals surface area contributed by atoms with Gasteiger partial charge in [-0.15, -0.1) is 10.2 Å². The van der Waals surface area contributed by atoms with Gasteiger partial charge in [0.15, 0.2) is 35.3 Å². The van der Waals surface area contributed by atoms with Gasteiger partial charge in [-0.2, -0.15) is 0 Å². The van der Waals surface area contributed by atoms with Crippen molar-refractivity contribution >= 4 is 47.1 Å². The second kappa shape index (κ2) is 41.8. The van der Waals surface area contributed by atoms with Crippen LogP contribution in [0.2, 0.25) is 0 Å². The number of carbonyl (C=O) groups is 6. The van der Waals surface area contributed by atoms with Gasteiger partial charge in [0.05, 0.1) is 72.2 Å². The lowest BCUT2D eigenvalue weighted by Gasteiger charge is -2.48. The van der Waals surface area contributed by atoms with Crippen LogP contribution in [0.4, 0.5) is 25.4 Å². The van der Waals surface area contributed by atoms with Crippen molar-refractivity contribution in [2.24, 2.45) is 29.6 Å². The van der Waals surface area contributed by atoms with Crippen molar-refractivity contribution in [3.8, 4) is 22.5 Å². The van der Waals surface area contributed by atoms with Crippen molar-refractivity contribution in [3.63, 3.8) is 0 Å². The van der Waals surface area contributed by atoms with Gasteiger partial charge in [-0.05, 0) is 203 Å². The van der Waals surface area contributed by atoms with Crippen LogP contribution in [0, 0.1) is 29.6 Å². The van der Waals surface area contributed by atoms with Crippen molar-refractivity contribution in [3.05, 3.63) is 60.9 Å². The van der Waals surface area contributed by atoms with E-state index in [0.29, 0.717) is 121 Å². The highest BCUT2D eigenvalue weighted by atomic mass is 19.1. The van der Waals surface area contributed by atoms with Gasteiger partial charge in [0.25, 0.3) is 5.67 Å². The predicted molar refractivity (Wildman–Crippen MR) is 455 cm³/mol. The maximum atomic E-state index is 17.0. The van der Waals surface area contributed by atoms with Crippen LogP contribution in [0.5, 0.6) is 0 Å². The molecule has 684 valence electrons. The average molecular weight is 1720 g/mol. The number of fused-ring (bicyclic) bond motifs is 2. The standard InChI is InChI=1S/C44H70FN7O9.C44H71N7O10/c1-12-31-22-33(50(9)10)35(53)39(58-31)60-38-27(4)37(54)43(7,45)40(55)59-34(13-2)44(8)36(28(5)47-24-26(3)23-42(38,6)57-11)52(41(56)61-44)20-15-14-19-51-25-32(48-49-51)29-17-16-18-30(46)21-29;1-12-32-36(53)34(49(9)10)37(54)41(58-32)60-39-26(4)35(52)27(5)40(55)59-33(13-2)44(8)38(28(6)46-23-25(3)22-43(39,7)57-11)51(42(56)61-44)20-15-14-19-50-24-31(47-48-50)29-17-16-18-30(45)21-29/h16-18,21,25-28,31,33-36,38-39,47,53H,12-15,19-20,22-24,46H2,1-11H3;16-18,21,24-28,32-34,36-39,41,46,53-54H,12-15,19-20,22-23,45H2,1-11H3/t26-,27-,28-,31-,33+,34-,35-,36?,38-,39?,42-,43+,44-;25-,26-,27-,28-,32-,33-,34+,36-,37-,38?,39-,41?,43-,44-/m11/s1. The number of aromatic nitrogens is 6. The van der Waals surface area contributed by atoms with E-state index in [1.54, 1.807) is 73.0 Å². The molecule has 4 aromatic rings. The second-order valence-corrected chi connectivity index (χ2v) is 36.3. The summed E-state index contributed by atoms with van der Waals surface area (Å²) in [7, 11) is 10.3. The number of ether oxygens (including phenoxy) is 10. The van der Waals surface area contributed by atoms with Gasteiger partial charge >= 0.3 is 24.1 Å². The molecule has 4 unspecified atom stereocenters. The van der Waals surface area contributed by atoms with Crippen LogP contribution in [-0.2, 0) is 79.6 Å². The van der Waals surface area contributed by atoms with E-state index in [4.69, 9.17) is 58.8 Å². The maximum Gasteiger partial charge on any atom is 0.410 e. The molecular weight excluding hydrogens is 1580 g/mol. The second-order valence-electron chi connectivity index (χ2n) is 36.3. The van der Waals surface area contributed by atoms with E-state index in [0.717, 1.165) is 23.7 Å². The summed E-state index contributed by atoms with van der Waals surface area (Å²) in [5, 5.41) is 58.6. The number of nitrogens with two attached hydrogens (primary N) is 2. The summed E-state index contributed by atoms with van der Waals surface area (Å²) in [6, 6.07) is 12.0. The number of esters is 2. The number of rotatable bonds is 24. The summed E-state index contributed by atoms with van der Waals surface area (Å²) in [4.78, 5) is 91.6. The molecule has 6 saturated heterocycles. The Labute approximate surface area is 719 Å². The molecule has 10 rings (SSSR count). The number of carbonyl (C=O) groups excluding carboxylic acids is 6. The normalized spacial score (nSPS) is 36.9. The summed E-state index contributed by atoms with van der Waals surface area (Å²) in [6.45, 7) is 31.1. The Kier molecular flexibility index (Phi) is 33.7. The third-order valence-corrected chi connectivity index (χ3v) is 26.4. The number of halogens is 1. The SMILES string of the molecule is CC[C@@H]1C[C@H](N(C)C)[C@@H](O)C(O[C@@H]2[C@H](C)C(=O)[C@](C)(F)C(=O)O[C@H](CC)[C@@]3(C)OC(=O)N(CCCCn4cc(-c5cccc(N)c5)nn4)C3[C@@H](C)NC[C@H](C)C[C@@]2(C)OC)O1.CC[C@H]1OC(O[C@@H]2[C@H](C)C(=O)[C@@H](C)C(=O)O[C@H](CC)[C@@]3(C)OC(=O)N(CCCCn4cc(-c5cccc(N)c5)nn4)C3[C@@H](C)NC[C@H](C)C[C@@]2(C)OC)[C@H](O)[C@@H](N(C)C)[C@@H]1O. The Hall–Kier alpha value is -7.45. The van der Waals surface area contributed by atoms with Crippen LogP contribution >= 0.6 is 0 Å². The zero-order valence-electron chi connectivity index (χ0n) is 75.9. The topological polar surface area (TPSA) is 406 Å². The number of nitrogens with zero attached hydrogens (tertiary/aromatic N) is 10. The van der Waals surface area contributed by atoms with Gasteiger partial charge in [0, 0.05) is 92.9 Å². The minimum absolute atomic E-state index is 0.0576. The molecule has 122 heavy (non-hydrogen) atoms. The van der Waals surface area contributed by atoms with Gasteiger partial charge in [-0.3, -0.25) is 33.5 Å². The molecule has 2 aromatic heterocycles. The number of unbranched alkanes of at least 4 members (excludes halogenated alkanes) is 2. The number of amides is 2. The molecule has 2 amide bonds. The summed E-state index contributed by atoms with van der Waals surface area (Å²) in [6.07, 6.45) is -2.56. The number of nitrogens with one attached hydrogen (secondary N) is 2. The highest BCUT2D eigenvalue weighted by Gasteiger charge is 2.63. The smallest absolute Gasteiger partial charge is 0.410 e. The monoisotopic (exact) mass is 1720 g/mol. The van der Waals surface area contributed by atoms with Crippen molar-refractivity contribution in [1.29, 1.82) is 0 Å². The Morgan fingerprint density at radius 3 is 1.46 bits per heavy atom. The summed E-state index contributed by atoms with van der Waals surface area (Å²) in [5.74, 6) is -7.26. The van der Waals surface area contributed by atoms with E-state index >= 15 is 4.39 Å². The number of benzene rings is 2. The lowest BCUT2D eigenvalue weighted by Crippen LogP contribution is -2.64. The van der Waals surface area contributed by atoms with Crippen LogP contribution in [0.3, 0.4) is 0 Å². The molecule has 34 heteroatoms. The third-order valence-electron chi connectivity index (χ3n) is 26.4. The number of likely N-dealkylation sites (N-methyl/N-ethyl adjacent to an activating group) is 2. The van der Waals surface area contributed by atoms with Crippen LogP contribution in [-0.4, -0.2) is 301 Å². The van der Waals surface area contributed by atoms with Crippen molar-refractivity contribution in [2.75, 3.05) is 80.1 Å². The molecule has 6 fully saturated rings. The zero-order chi connectivity index (χ0) is 90.0. The molecule has 2 aromatic carbocycles. The van der Waals surface area contributed by atoms with E-state index < -0.39 is 167 Å². The summed E-state index contributed by atoms with van der Waals surface area (Å²) in [5.41, 5.74) is 8.20. The predicted octanol–water partition coefficient (Wildman–Crippen LogP) is 8.41. The number of hydrogen-bond donors (Lipinski definition) is 7. The highest BCUT2D eigenvalue weighted by Crippen LogP contribution is 2.45. The molecule has 8 heterocycles. The van der Waals surface area contributed by atoms with Gasteiger partial charge in [0.1, 0.15) is 41.7 Å². The molecule has 6 aliphatic rings. The number of nitrogen functional groups attached to an aromatic ring is 2. The van der Waals surface area contributed by atoms with Crippen molar-refractivity contribution in [2.45, 2.75) is 326 Å². The lowest BCUT2D eigenvalue weighted by atomic mass is 9.78. The van der Waals surface area contributed by atoms with Gasteiger partial charge in [-0.1, -0.05) is 90.1 Å². The Morgan fingerprint density at radius 1 is 0.582 bits per heavy atom. The molecule has 33 nitrogen and oxygen atoms in total. The Morgan fingerprint density at radius 2 is 1.03 bits per heavy atom. The van der Waals surface area contributed by atoms with E-state index in [9.17, 15) is 44.1 Å². The minimum atomic E-state index is -3.13. The van der Waals surface area contributed by atoms with Gasteiger partial charge in [-0.25, -0.2) is 18.8 Å². The molecular formula is C88H141FN14O19. The fourth-order valence-electron chi connectivity index (χ4n) is 19.4. The van der Waals surface area contributed by atoms with Gasteiger partial charge in [0.2, 0.25) is 0 Å². The first-order chi connectivity index (χ1) is 57.5. The maximum absolute atomic E-state index is 17.0. The molecule has 27 atom stereocenters. The largest absolute Gasteiger partial charge is 0.458 e.